The highest BCUT2D eigenvalue weighted by Crippen LogP contribution is 2.44. The van der Waals surface area contributed by atoms with Crippen molar-refractivity contribution >= 4 is 34.7 Å². The van der Waals surface area contributed by atoms with E-state index in [1.807, 2.05) is 48.5 Å². The van der Waals surface area contributed by atoms with Crippen LogP contribution >= 0.6 is 11.6 Å². The largest absolute Gasteiger partial charge is 0.480 e. The van der Waals surface area contributed by atoms with Gasteiger partial charge in [-0.1, -0.05) is 60.1 Å². The van der Waals surface area contributed by atoms with E-state index in [9.17, 15) is 14.7 Å². The highest BCUT2D eigenvalue weighted by molar-refractivity contribution is 6.34. The Morgan fingerprint density at radius 3 is 2.42 bits per heavy atom. The molecule has 1 aliphatic carbocycles. The molecular weight excluding hydrogens is 444 g/mol. The van der Waals surface area contributed by atoms with Gasteiger partial charge in [-0.05, 0) is 27.8 Å². The standard InChI is InChI=1S/C24H19ClN4O4/c25-21-20-13(10-26-22(20)28-12-27-21)9-19(23(30)31)29-24(32)33-11-18-16-7-3-1-5-14(16)15-6-2-4-8-17(15)18/h1-8,10,12,18-19H,9,11H2,(H,29,32)(H,30,31)(H,26,27,28)/t19-/m1/s1. The minimum atomic E-state index is -1.21. The number of fused-ring (bicyclic) bond motifs is 4. The molecule has 0 spiro atoms. The molecule has 0 saturated carbocycles. The maximum absolute atomic E-state index is 12.5. The molecule has 2 aromatic heterocycles. The number of carbonyl (C=O) groups is 2. The minimum Gasteiger partial charge on any atom is -0.480 e. The number of benzene rings is 2. The number of aromatic nitrogens is 3. The summed E-state index contributed by atoms with van der Waals surface area (Å²) in [4.78, 5) is 35.3. The van der Waals surface area contributed by atoms with E-state index in [1.165, 1.54) is 6.33 Å². The highest BCUT2D eigenvalue weighted by Gasteiger charge is 2.30. The summed E-state index contributed by atoms with van der Waals surface area (Å²) in [7, 11) is 0. The van der Waals surface area contributed by atoms with Gasteiger partial charge in [0.05, 0.1) is 5.39 Å². The van der Waals surface area contributed by atoms with Crippen molar-refractivity contribution in [3.63, 3.8) is 0 Å². The fourth-order valence-corrected chi connectivity index (χ4v) is 4.60. The monoisotopic (exact) mass is 462 g/mol. The van der Waals surface area contributed by atoms with Crippen LogP contribution in [0.5, 0.6) is 0 Å². The van der Waals surface area contributed by atoms with E-state index < -0.39 is 18.1 Å². The highest BCUT2D eigenvalue weighted by atomic mass is 35.5. The van der Waals surface area contributed by atoms with Crippen molar-refractivity contribution in [3.05, 3.63) is 82.9 Å². The van der Waals surface area contributed by atoms with Crippen LogP contribution in [0.15, 0.2) is 61.1 Å². The van der Waals surface area contributed by atoms with Gasteiger partial charge < -0.3 is 20.1 Å². The van der Waals surface area contributed by atoms with Crippen LogP contribution in [0.4, 0.5) is 4.79 Å². The number of H-pyrrole nitrogens is 1. The molecule has 5 rings (SSSR count). The van der Waals surface area contributed by atoms with Gasteiger partial charge in [-0.3, -0.25) is 0 Å². The number of amides is 1. The number of ether oxygens (including phenoxy) is 1. The number of hydrogen-bond donors (Lipinski definition) is 3. The molecule has 0 bridgehead atoms. The number of hydrogen-bond acceptors (Lipinski definition) is 5. The molecule has 0 aliphatic heterocycles. The van der Waals surface area contributed by atoms with E-state index in [1.54, 1.807) is 6.20 Å². The maximum atomic E-state index is 12.5. The van der Waals surface area contributed by atoms with Gasteiger partial charge in [0.15, 0.2) is 0 Å². The molecular formula is C24H19ClN4O4. The van der Waals surface area contributed by atoms with Crippen molar-refractivity contribution in [1.82, 2.24) is 20.3 Å². The molecule has 33 heavy (non-hydrogen) atoms. The average molecular weight is 463 g/mol. The molecule has 0 radical (unpaired) electrons. The summed E-state index contributed by atoms with van der Waals surface area (Å²) < 4.78 is 5.48. The number of carboxylic acid groups (broad SMARTS) is 1. The van der Waals surface area contributed by atoms with E-state index in [-0.39, 0.29) is 24.1 Å². The van der Waals surface area contributed by atoms with Crippen molar-refractivity contribution in [2.24, 2.45) is 0 Å². The molecule has 8 nitrogen and oxygen atoms in total. The molecule has 4 aromatic rings. The molecule has 0 fully saturated rings. The Hall–Kier alpha value is -3.91. The van der Waals surface area contributed by atoms with Crippen LogP contribution in [0.25, 0.3) is 22.2 Å². The Morgan fingerprint density at radius 2 is 1.76 bits per heavy atom. The van der Waals surface area contributed by atoms with Gasteiger partial charge in [-0.25, -0.2) is 19.6 Å². The fraction of sp³-hybridized carbons (Fsp3) is 0.167. The lowest BCUT2D eigenvalue weighted by Gasteiger charge is -2.17. The predicted octanol–water partition coefficient (Wildman–Crippen LogP) is 4.15. The number of halogens is 1. The number of alkyl carbamates (subject to hydrolysis) is 1. The molecule has 1 amide bonds. The molecule has 9 heteroatoms. The number of carbonyl (C=O) groups excluding carboxylic acids is 1. The van der Waals surface area contributed by atoms with Crippen LogP contribution < -0.4 is 5.32 Å². The third-order valence-electron chi connectivity index (χ3n) is 5.86. The Morgan fingerprint density at radius 1 is 1.09 bits per heavy atom. The summed E-state index contributed by atoms with van der Waals surface area (Å²) in [6.45, 7) is 0.0962. The van der Waals surface area contributed by atoms with Crippen molar-refractivity contribution < 1.29 is 19.4 Å². The quantitative estimate of drug-likeness (QED) is 0.371. The van der Waals surface area contributed by atoms with Crippen molar-refractivity contribution in [2.75, 3.05) is 6.61 Å². The summed E-state index contributed by atoms with van der Waals surface area (Å²) >= 11 is 6.15. The Labute approximate surface area is 193 Å². The van der Waals surface area contributed by atoms with E-state index in [4.69, 9.17) is 16.3 Å². The molecule has 3 N–H and O–H groups in total. The number of nitrogens with one attached hydrogen (secondary N) is 2. The van der Waals surface area contributed by atoms with Crippen LogP contribution in [0, 0.1) is 0 Å². The lowest BCUT2D eigenvalue weighted by atomic mass is 9.98. The second kappa shape index (κ2) is 8.55. The Balaban J connectivity index is 1.29. The second-order valence-corrected chi connectivity index (χ2v) is 8.12. The minimum absolute atomic E-state index is 0.00732. The summed E-state index contributed by atoms with van der Waals surface area (Å²) in [6, 6.07) is 14.8. The van der Waals surface area contributed by atoms with Crippen LogP contribution in [-0.4, -0.2) is 44.8 Å². The van der Waals surface area contributed by atoms with E-state index in [0.29, 0.717) is 16.6 Å². The maximum Gasteiger partial charge on any atom is 0.407 e. The van der Waals surface area contributed by atoms with Gasteiger partial charge >= 0.3 is 12.1 Å². The smallest absolute Gasteiger partial charge is 0.407 e. The van der Waals surface area contributed by atoms with Gasteiger partial charge in [0.25, 0.3) is 0 Å². The first-order valence-corrected chi connectivity index (χ1v) is 10.7. The first-order valence-electron chi connectivity index (χ1n) is 10.3. The van der Waals surface area contributed by atoms with Crippen LogP contribution in [-0.2, 0) is 16.0 Å². The second-order valence-electron chi connectivity index (χ2n) is 7.77. The molecule has 1 aliphatic rings. The molecule has 1 atom stereocenters. The Bertz CT molecular complexity index is 1320. The van der Waals surface area contributed by atoms with Gasteiger partial charge in [-0.15, -0.1) is 0 Å². The first kappa shape index (κ1) is 21.0. The van der Waals surface area contributed by atoms with Crippen molar-refractivity contribution in [1.29, 1.82) is 0 Å². The van der Waals surface area contributed by atoms with Crippen molar-refractivity contribution in [2.45, 2.75) is 18.4 Å². The predicted molar refractivity (Wildman–Crippen MR) is 122 cm³/mol. The normalized spacial score (nSPS) is 13.4. The van der Waals surface area contributed by atoms with Crippen LogP contribution in [0.3, 0.4) is 0 Å². The molecule has 166 valence electrons. The zero-order chi connectivity index (χ0) is 22.9. The third kappa shape index (κ3) is 3.89. The van der Waals surface area contributed by atoms with Gasteiger partial charge in [0.1, 0.15) is 29.8 Å². The topological polar surface area (TPSA) is 117 Å². The van der Waals surface area contributed by atoms with Crippen LogP contribution in [0.1, 0.15) is 22.6 Å². The third-order valence-corrected chi connectivity index (χ3v) is 6.15. The number of aliphatic carboxylic acids is 1. The fourth-order valence-electron chi connectivity index (χ4n) is 4.35. The molecule has 0 unspecified atom stereocenters. The molecule has 0 saturated heterocycles. The Kier molecular flexibility index (Phi) is 5.43. The summed E-state index contributed by atoms with van der Waals surface area (Å²) in [5.74, 6) is -1.30. The summed E-state index contributed by atoms with van der Waals surface area (Å²) in [6.07, 6.45) is 2.12. The summed E-state index contributed by atoms with van der Waals surface area (Å²) in [5.41, 5.74) is 5.47. The lowest BCUT2D eigenvalue weighted by molar-refractivity contribution is -0.139. The number of carboxylic acids is 1. The number of nitrogens with zero attached hydrogens (tertiary/aromatic N) is 2. The number of aromatic amines is 1. The average Bonchev–Trinajstić information content (AvgIpc) is 3.37. The SMILES string of the molecule is O=C(N[C@H](Cc1c[nH]c2ncnc(Cl)c12)C(=O)O)OCC1c2ccccc2-c2ccccc21. The van der Waals surface area contributed by atoms with Crippen LogP contribution in [0.2, 0.25) is 5.15 Å². The van der Waals surface area contributed by atoms with E-state index in [0.717, 1.165) is 22.3 Å². The summed E-state index contributed by atoms with van der Waals surface area (Å²) in [5, 5.41) is 12.8. The zero-order valence-corrected chi connectivity index (χ0v) is 18.0. The lowest BCUT2D eigenvalue weighted by Crippen LogP contribution is -2.42. The van der Waals surface area contributed by atoms with E-state index in [2.05, 4.69) is 20.3 Å². The van der Waals surface area contributed by atoms with Crippen molar-refractivity contribution in [3.8, 4) is 11.1 Å². The van der Waals surface area contributed by atoms with Gasteiger partial charge in [-0.2, -0.15) is 0 Å². The first-order chi connectivity index (χ1) is 16.0. The van der Waals surface area contributed by atoms with Gasteiger partial charge in [0, 0.05) is 18.5 Å². The van der Waals surface area contributed by atoms with E-state index >= 15 is 0 Å². The molecule has 2 heterocycles. The number of rotatable bonds is 6. The molecule has 2 aromatic carbocycles. The van der Waals surface area contributed by atoms with Gasteiger partial charge in [0.2, 0.25) is 0 Å². The zero-order valence-electron chi connectivity index (χ0n) is 17.3.